The molecule has 7 nitrogen and oxygen atoms in total. The third-order valence-corrected chi connectivity index (χ3v) is 5.82. The molecule has 32 heavy (non-hydrogen) atoms. The van der Waals surface area contributed by atoms with Crippen LogP contribution in [0.3, 0.4) is 0 Å². The van der Waals surface area contributed by atoms with Crippen LogP contribution in [0.4, 0.5) is 0 Å². The van der Waals surface area contributed by atoms with E-state index in [9.17, 15) is 10.1 Å². The predicted molar refractivity (Wildman–Crippen MR) is 121 cm³/mol. The first-order valence-corrected chi connectivity index (χ1v) is 9.94. The van der Waals surface area contributed by atoms with Gasteiger partial charge in [-0.15, -0.1) is 0 Å². The highest BCUT2D eigenvalue weighted by atomic mass is 16.5. The van der Waals surface area contributed by atoms with Gasteiger partial charge in [0, 0.05) is 10.8 Å². The number of hydrogen-bond donors (Lipinski definition) is 2. The summed E-state index contributed by atoms with van der Waals surface area (Å²) in [6, 6.07) is 19.0. The van der Waals surface area contributed by atoms with Crippen molar-refractivity contribution in [1.82, 2.24) is 4.98 Å². The van der Waals surface area contributed by atoms with Crippen LogP contribution in [0.1, 0.15) is 17.0 Å². The summed E-state index contributed by atoms with van der Waals surface area (Å²) < 4.78 is 16.6. The molecule has 1 atom stereocenters. The van der Waals surface area contributed by atoms with Crippen molar-refractivity contribution >= 4 is 21.7 Å². The quantitative estimate of drug-likeness (QED) is 0.482. The Morgan fingerprint density at radius 1 is 1.03 bits per heavy atom. The number of methoxy groups -OCH3 is 2. The van der Waals surface area contributed by atoms with Gasteiger partial charge in [-0.05, 0) is 29.1 Å². The summed E-state index contributed by atoms with van der Waals surface area (Å²) in [6.45, 7) is 0. The molecule has 0 bridgehead atoms. The molecule has 5 rings (SSSR count). The topological polar surface area (TPSA) is 110 Å². The number of aromatic amines is 1. The average Bonchev–Trinajstić information content (AvgIpc) is 2.82. The number of nitrogens with one attached hydrogen (secondary N) is 1. The zero-order chi connectivity index (χ0) is 22.4. The van der Waals surface area contributed by atoms with Crippen LogP contribution in [0.15, 0.2) is 70.8 Å². The Balaban J connectivity index is 1.84. The number of allylic oxidation sites excluding steroid dienone is 1. The van der Waals surface area contributed by atoms with Crippen LogP contribution < -0.4 is 25.5 Å². The van der Waals surface area contributed by atoms with Gasteiger partial charge in [0.15, 0.2) is 11.5 Å². The van der Waals surface area contributed by atoms with E-state index in [1.54, 1.807) is 25.3 Å². The molecule has 158 valence electrons. The smallest absolute Gasteiger partial charge is 0.256 e. The molecule has 7 heteroatoms. The second-order valence-corrected chi connectivity index (χ2v) is 7.45. The molecule has 0 aliphatic carbocycles. The highest BCUT2D eigenvalue weighted by Crippen LogP contribution is 2.45. The number of hydrogen-bond acceptors (Lipinski definition) is 6. The lowest BCUT2D eigenvalue weighted by atomic mass is 9.83. The number of aromatic nitrogens is 1. The molecule has 1 aromatic heterocycles. The molecular weight excluding hydrogens is 406 g/mol. The Morgan fingerprint density at radius 3 is 2.56 bits per heavy atom. The minimum atomic E-state index is -0.719. The number of nitrogens with zero attached hydrogens (tertiary/aromatic N) is 1. The molecule has 3 aromatic carbocycles. The molecule has 0 fully saturated rings. The second kappa shape index (κ2) is 7.36. The van der Waals surface area contributed by atoms with Crippen molar-refractivity contribution in [2.45, 2.75) is 5.92 Å². The molecule has 0 saturated heterocycles. The lowest BCUT2D eigenvalue weighted by molar-refractivity contribution is 0.354. The van der Waals surface area contributed by atoms with Gasteiger partial charge >= 0.3 is 0 Å². The number of ether oxygens (including phenoxy) is 3. The molecule has 2 heterocycles. The zero-order valence-electron chi connectivity index (χ0n) is 17.4. The minimum absolute atomic E-state index is 0.0279. The van der Waals surface area contributed by atoms with Crippen LogP contribution in [0, 0.1) is 11.3 Å². The van der Waals surface area contributed by atoms with Crippen LogP contribution in [0.5, 0.6) is 17.2 Å². The number of nitrogens with two attached hydrogens (primary N) is 1. The third kappa shape index (κ3) is 2.77. The van der Waals surface area contributed by atoms with E-state index in [4.69, 9.17) is 19.9 Å². The molecule has 0 amide bonds. The van der Waals surface area contributed by atoms with Gasteiger partial charge in [-0.1, -0.05) is 36.4 Å². The summed E-state index contributed by atoms with van der Waals surface area (Å²) >= 11 is 0. The molecule has 0 spiro atoms. The summed E-state index contributed by atoms with van der Waals surface area (Å²) in [5.41, 5.74) is 7.65. The van der Waals surface area contributed by atoms with Gasteiger partial charge in [0.2, 0.25) is 5.88 Å². The summed E-state index contributed by atoms with van der Waals surface area (Å²) in [5, 5.41) is 12.5. The Hall–Kier alpha value is -4.44. The van der Waals surface area contributed by atoms with Gasteiger partial charge in [0.05, 0.1) is 31.2 Å². The SMILES string of the molecule is COc1ccc(C2C(C#N)=C(N)Oc3c2c(=O)[nH]c2c3ccc3ccccc32)cc1OC. The Kier molecular flexibility index (Phi) is 4.49. The third-order valence-electron chi connectivity index (χ3n) is 5.82. The first-order chi connectivity index (χ1) is 15.6. The van der Waals surface area contributed by atoms with Crippen LogP contribution in [0.2, 0.25) is 0 Å². The maximum Gasteiger partial charge on any atom is 0.256 e. The predicted octanol–water partition coefficient (Wildman–Crippen LogP) is 3.92. The van der Waals surface area contributed by atoms with Crippen molar-refractivity contribution in [2.75, 3.05) is 14.2 Å². The van der Waals surface area contributed by atoms with E-state index < -0.39 is 5.92 Å². The number of fused-ring (bicyclic) bond motifs is 5. The zero-order valence-corrected chi connectivity index (χ0v) is 17.4. The van der Waals surface area contributed by atoms with E-state index in [0.717, 1.165) is 10.8 Å². The van der Waals surface area contributed by atoms with Crippen molar-refractivity contribution in [1.29, 1.82) is 5.26 Å². The molecule has 1 unspecified atom stereocenters. The molecule has 4 aromatic rings. The second-order valence-electron chi connectivity index (χ2n) is 7.45. The normalized spacial score (nSPS) is 15.2. The van der Waals surface area contributed by atoms with E-state index in [1.807, 2.05) is 36.4 Å². The monoisotopic (exact) mass is 425 g/mol. The largest absolute Gasteiger partial charge is 0.493 e. The molecule has 0 saturated carbocycles. The van der Waals surface area contributed by atoms with Crippen LogP contribution >= 0.6 is 0 Å². The Labute approximate surface area is 183 Å². The summed E-state index contributed by atoms with van der Waals surface area (Å²) in [7, 11) is 3.07. The summed E-state index contributed by atoms with van der Waals surface area (Å²) in [6.07, 6.45) is 0. The van der Waals surface area contributed by atoms with E-state index in [0.29, 0.717) is 39.3 Å². The van der Waals surface area contributed by atoms with Gasteiger partial charge in [-0.25, -0.2) is 0 Å². The van der Waals surface area contributed by atoms with Crippen molar-refractivity contribution in [3.05, 3.63) is 87.5 Å². The summed E-state index contributed by atoms with van der Waals surface area (Å²) in [4.78, 5) is 16.4. The van der Waals surface area contributed by atoms with Gasteiger partial charge in [0.1, 0.15) is 17.4 Å². The highest BCUT2D eigenvalue weighted by Gasteiger charge is 2.35. The lowest BCUT2D eigenvalue weighted by Gasteiger charge is -2.27. The number of nitriles is 1. The molecular formula is C25H19N3O4. The lowest BCUT2D eigenvalue weighted by Crippen LogP contribution is -2.28. The first-order valence-electron chi connectivity index (χ1n) is 9.94. The van der Waals surface area contributed by atoms with Gasteiger partial charge in [-0.3, -0.25) is 4.79 Å². The van der Waals surface area contributed by atoms with Crippen molar-refractivity contribution < 1.29 is 14.2 Å². The van der Waals surface area contributed by atoms with E-state index in [-0.39, 0.29) is 17.0 Å². The van der Waals surface area contributed by atoms with Crippen molar-refractivity contribution in [2.24, 2.45) is 5.73 Å². The summed E-state index contributed by atoms with van der Waals surface area (Å²) in [5.74, 6) is 0.629. The van der Waals surface area contributed by atoms with E-state index in [2.05, 4.69) is 11.1 Å². The standard InChI is InChI=1S/C25H19N3O4/c1-30-18-10-8-14(11-19(18)31-2)20-17(12-26)24(27)32-23-16-9-7-13-5-3-4-6-15(13)22(16)28-25(29)21(20)23/h3-11,20H,27H2,1-2H3,(H,28,29). The number of rotatable bonds is 3. The molecule has 1 aliphatic heterocycles. The Morgan fingerprint density at radius 2 is 1.81 bits per heavy atom. The number of H-pyrrole nitrogens is 1. The fourth-order valence-electron chi connectivity index (χ4n) is 4.33. The fraction of sp³-hybridized carbons (Fsp3) is 0.120. The highest BCUT2D eigenvalue weighted by molar-refractivity contribution is 6.07. The molecule has 1 aliphatic rings. The van der Waals surface area contributed by atoms with E-state index >= 15 is 0 Å². The molecule has 3 N–H and O–H groups in total. The van der Waals surface area contributed by atoms with Gasteiger partial charge in [0.25, 0.3) is 5.56 Å². The van der Waals surface area contributed by atoms with Crippen LogP contribution in [0.25, 0.3) is 21.7 Å². The van der Waals surface area contributed by atoms with Crippen molar-refractivity contribution in [3.63, 3.8) is 0 Å². The molecule has 0 radical (unpaired) electrons. The Bertz CT molecular complexity index is 1530. The maximum atomic E-state index is 13.4. The maximum absolute atomic E-state index is 13.4. The van der Waals surface area contributed by atoms with Gasteiger partial charge < -0.3 is 24.9 Å². The first kappa shape index (κ1) is 19.5. The number of benzene rings is 3. The van der Waals surface area contributed by atoms with Crippen LogP contribution in [-0.2, 0) is 0 Å². The van der Waals surface area contributed by atoms with Crippen molar-refractivity contribution in [3.8, 4) is 23.3 Å². The van der Waals surface area contributed by atoms with Crippen LogP contribution in [-0.4, -0.2) is 19.2 Å². The van der Waals surface area contributed by atoms with E-state index in [1.165, 1.54) is 7.11 Å². The minimum Gasteiger partial charge on any atom is -0.493 e. The fourth-order valence-corrected chi connectivity index (χ4v) is 4.33. The average molecular weight is 425 g/mol. The van der Waals surface area contributed by atoms with Gasteiger partial charge in [-0.2, -0.15) is 5.26 Å². The number of pyridine rings is 1.